The third-order valence-electron chi connectivity index (χ3n) is 3.03. The SMILES string of the molecule is CCCCN(CC)C(=O)c1ccc(Cl)c(S(C)(=O)=O)c1. The Balaban J connectivity index is 3.11. The number of benzene rings is 1. The van der Waals surface area contributed by atoms with Gasteiger partial charge in [0.25, 0.3) is 5.91 Å². The highest BCUT2D eigenvalue weighted by Gasteiger charge is 2.18. The lowest BCUT2D eigenvalue weighted by Gasteiger charge is -2.21. The first kappa shape index (κ1) is 17.0. The molecule has 0 aliphatic rings. The van der Waals surface area contributed by atoms with Gasteiger partial charge in [0.2, 0.25) is 0 Å². The molecule has 0 aliphatic heterocycles. The Bertz CT molecular complexity index is 584. The molecule has 6 heteroatoms. The number of carbonyl (C=O) groups is 1. The Hall–Kier alpha value is -1.07. The molecule has 0 saturated carbocycles. The fourth-order valence-corrected chi connectivity index (χ4v) is 3.16. The molecule has 0 unspecified atom stereocenters. The molecular weight excluding hydrogens is 298 g/mol. The Labute approximate surface area is 125 Å². The van der Waals surface area contributed by atoms with E-state index in [9.17, 15) is 13.2 Å². The van der Waals surface area contributed by atoms with Gasteiger partial charge in [-0.15, -0.1) is 0 Å². The van der Waals surface area contributed by atoms with Crippen LogP contribution in [0, 0.1) is 0 Å². The minimum atomic E-state index is -3.44. The lowest BCUT2D eigenvalue weighted by molar-refractivity contribution is 0.0762. The second kappa shape index (κ2) is 7.09. The first-order chi connectivity index (χ1) is 9.31. The highest BCUT2D eigenvalue weighted by atomic mass is 35.5. The van der Waals surface area contributed by atoms with Crippen LogP contribution in [0.25, 0.3) is 0 Å². The van der Waals surface area contributed by atoms with Crippen LogP contribution in [-0.4, -0.2) is 38.6 Å². The lowest BCUT2D eigenvalue weighted by atomic mass is 10.2. The van der Waals surface area contributed by atoms with Gasteiger partial charge in [-0.1, -0.05) is 24.9 Å². The van der Waals surface area contributed by atoms with Gasteiger partial charge in [-0.25, -0.2) is 8.42 Å². The van der Waals surface area contributed by atoms with Crippen molar-refractivity contribution in [3.63, 3.8) is 0 Å². The largest absolute Gasteiger partial charge is 0.339 e. The maximum Gasteiger partial charge on any atom is 0.253 e. The number of halogens is 1. The molecule has 112 valence electrons. The molecule has 0 atom stereocenters. The number of sulfone groups is 1. The topological polar surface area (TPSA) is 54.5 Å². The van der Waals surface area contributed by atoms with Crippen LogP contribution in [-0.2, 0) is 9.84 Å². The summed E-state index contributed by atoms with van der Waals surface area (Å²) >= 11 is 5.88. The minimum Gasteiger partial charge on any atom is -0.339 e. The first-order valence-electron chi connectivity index (χ1n) is 6.60. The van der Waals surface area contributed by atoms with Crippen molar-refractivity contribution in [3.8, 4) is 0 Å². The second-order valence-corrected chi connectivity index (χ2v) is 7.05. The maximum atomic E-state index is 12.4. The summed E-state index contributed by atoms with van der Waals surface area (Å²) < 4.78 is 23.3. The predicted molar refractivity (Wildman–Crippen MR) is 81.0 cm³/mol. The van der Waals surface area contributed by atoms with Gasteiger partial charge < -0.3 is 4.90 Å². The molecule has 20 heavy (non-hydrogen) atoms. The molecule has 1 amide bonds. The van der Waals surface area contributed by atoms with Gasteiger partial charge in [0.1, 0.15) is 0 Å². The molecule has 0 fully saturated rings. The Morgan fingerprint density at radius 3 is 2.45 bits per heavy atom. The third-order valence-corrected chi connectivity index (χ3v) is 4.61. The summed E-state index contributed by atoms with van der Waals surface area (Å²) in [4.78, 5) is 14.1. The van der Waals surface area contributed by atoms with Gasteiger partial charge >= 0.3 is 0 Å². The smallest absolute Gasteiger partial charge is 0.253 e. The fraction of sp³-hybridized carbons (Fsp3) is 0.500. The van der Waals surface area contributed by atoms with Crippen molar-refractivity contribution in [2.24, 2.45) is 0 Å². The van der Waals surface area contributed by atoms with Crippen molar-refractivity contribution in [3.05, 3.63) is 28.8 Å². The third kappa shape index (κ3) is 4.21. The van der Waals surface area contributed by atoms with Gasteiger partial charge in [0.05, 0.1) is 9.92 Å². The van der Waals surface area contributed by atoms with Crippen molar-refractivity contribution < 1.29 is 13.2 Å². The van der Waals surface area contributed by atoms with E-state index in [0.717, 1.165) is 19.1 Å². The Morgan fingerprint density at radius 2 is 1.95 bits per heavy atom. The number of nitrogens with zero attached hydrogens (tertiary/aromatic N) is 1. The van der Waals surface area contributed by atoms with Gasteiger partial charge in [-0.3, -0.25) is 4.79 Å². The molecule has 1 rings (SSSR count). The van der Waals surface area contributed by atoms with Gasteiger partial charge in [0, 0.05) is 24.9 Å². The van der Waals surface area contributed by atoms with E-state index in [0.29, 0.717) is 18.7 Å². The van der Waals surface area contributed by atoms with E-state index < -0.39 is 9.84 Å². The summed E-state index contributed by atoms with van der Waals surface area (Å²) in [6.45, 7) is 5.22. The summed E-state index contributed by atoms with van der Waals surface area (Å²) in [5.41, 5.74) is 0.354. The number of carbonyl (C=O) groups excluding carboxylic acids is 1. The van der Waals surface area contributed by atoms with Gasteiger partial charge in [0.15, 0.2) is 9.84 Å². The normalized spacial score (nSPS) is 11.4. The van der Waals surface area contributed by atoms with Crippen molar-refractivity contribution in [2.45, 2.75) is 31.6 Å². The first-order valence-corrected chi connectivity index (χ1v) is 8.87. The van der Waals surface area contributed by atoms with Crippen LogP contribution in [0.15, 0.2) is 23.1 Å². The standard InChI is InChI=1S/C14H20ClNO3S/c1-4-6-9-16(5-2)14(17)11-7-8-12(15)13(10-11)20(3,18)19/h7-8,10H,4-6,9H2,1-3H3. The summed E-state index contributed by atoms with van der Waals surface area (Å²) in [7, 11) is -3.44. The molecule has 1 aromatic carbocycles. The van der Waals surface area contributed by atoms with E-state index in [-0.39, 0.29) is 15.8 Å². The van der Waals surface area contributed by atoms with Crippen LogP contribution in [0.2, 0.25) is 5.02 Å². The average molecular weight is 318 g/mol. The monoisotopic (exact) mass is 317 g/mol. The minimum absolute atomic E-state index is 0.00318. The molecule has 0 radical (unpaired) electrons. The predicted octanol–water partition coefficient (Wildman–Crippen LogP) is 3.01. The van der Waals surface area contributed by atoms with Crippen molar-refractivity contribution in [2.75, 3.05) is 19.3 Å². The van der Waals surface area contributed by atoms with E-state index in [4.69, 9.17) is 11.6 Å². The zero-order valence-electron chi connectivity index (χ0n) is 12.0. The van der Waals surface area contributed by atoms with Crippen molar-refractivity contribution >= 4 is 27.3 Å². The second-order valence-electron chi connectivity index (χ2n) is 4.66. The summed E-state index contributed by atoms with van der Waals surface area (Å²) in [5.74, 6) is -0.164. The molecule has 0 bridgehead atoms. The summed E-state index contributed by atoms with van der Waals surface area (Å²) in [5, 5.41) is 0.139. The molecule has 0 saturated heterocycles. The Kier molecular flexibility index (Phi) is 6.02. The quantitative estimate of drug-likeness (QED) is 0.810. The molecule has 0 aromatic heterocycles. The van der Waals surface area contributed by atoms with Gasteiger partial charge in [-0.2, -0.15) is 0 Å². The van der Waals surface area contributed by atoms with Crippen LogP contribution >= 0.6 is 11.6 Å². The average Bonchev–Trinajstić information content (AvgIpc) is 2.38. The lowest BCUT2D eigenvalue weighted by Crippen LogP contribution is -2.31. The van der Waals surface area contributed by atoms with Crippen LogP contribution in [0.1, 0.15) is 37.0 Å². The number of amides is 1. The van der Waals surface area contributed by atoms with Gasteiger partial charge in [-0.05, 0) is 31.5 Å². The Morgan fingerprint density at radius 1 is 1.30 bits per heavy atom. The van der Waals surface area contributed by atoms with E-state index in [1.807, 2.05) is 6.92 Å². The molecular formula is C14H20ClNO3S. The van der Waals surface area contributed by atoms with E-state index in [2.05, 4.69) is 6.92 Å². The van der Waals surface area contributed by atoms with Crippen molar-refractivity contribution in [1.29, 1.82) is 0 Å². The van der Waals surface area contributed by atoms with E-state index in [1.165, 1.54) is 12.1 Å². The van der Waals surface area contributed by atoms with Crippen LogP contribution < -0.4 is 0 Å². The summed E-state index contributed by atoms with van der Waals surface area (Å²) in [6, 6.07) is 4.38. The molecule has 0 spiro atoms. The molecule has 1 aromatic rings. The van der Waals surface area contributed by atoms with E-state index >= 15 is 0 Å². The van der Waals surface area contributed by atoms with Crippen molar-refractivity contribution in [1.82, 2.24) is 4.90 Å². The van der Waals surface area contributed by atoms with E-state index in [1.54, 1.807) is 11.0 Å². The maximum absolute atomic E-state index is 12.4. The highest BCUT2D eigenvalue weighted by molar-refractivity contribution is 7.90. The fourth-order valence-electron chi connectivity index (χ4n) is 1.86. The van der Waals surface area contributed by atoms with Crippen LogP contribution in [0.5, 0.6) is 0 Å². The molecule has 4 nitrogen and oxygen atoms in total. The number of unbranched alkanes of at least 4 members (excludes halogenated alkanes) is 1. The number of hydrogen-bond acceptors (Lipinski definition) is 3. The zero-order valence-corrected chi connectivity index (χ0v) is 13.6. The molecule has 0 heterocycles. The van der Waals surface area contributed by atoms with Crippen LogP contribution in [0.3, 0.4) is 0 Å². The highest BCUT2D eigenvalue weighted by Crippen LogP contribution is 2.23. The van der Waals surface area contributed by atoms with Crippen LogP contribution in [0.4, 0.5) is 0 Å². The zero-order chi connectivity index (χ0) is 15.3. The number of hydrogen-bond donors (Lipinski definition) is 0. The molecule has 0 aliphatic carbocycles. The summed E-state index contributed by atoms with van der Waals surface area (Å²) in [6.07, 6.45) is 3.00. The molecule has 0 N–H and O–H groups in total. The number of rotatable bonds is 6.